The number of rotatable bonds is 8. The predicted molar refractivity (Wildman–Crippen MR) is 106 cm³/mol. The van der Waals surface area contributed by atoms with Crippen molar-refractivity contribution < 1.29 is 17.6 Å². The molecule has 0 amide bonds. The topological polar surface area (TPSA) is 0 Å². The molecule has 0 bridgehead atoms. The maximum Gasteiger partial charge on any atom is 0.273 e. The lowest BCUT2D eigenvalue weighted by Gasteiger charge is -2.38. The molecule has 2 saturated carbocycles. The van der Waals surface area contributed by atoms with Gasteiger partial charge in [0, 0.05) is 0 Å². The molecule has 4 heteroatoms. The van der Waals surface area contributed by atoms with E-state index in [-0.39, 0.29) is 12.2 Å². The van der Waals surface area contributed by atoms with Gasteiger partial charge in [-0.1, -0.05) is 49.9 Å². The van der Waals surface area contributed by atoms with Crippen LogP contribution in [0.25, 0.3) is 0 Å². The number of halogens is 4. The molecular formula is C24H34F4. The normalized spacial score (nSPS) is 29.8. The van der Waals surface area contributed by atoms with Gasteiger partial charge in [-0.3, -0.25) is 4.39 Å². The molecule has 0 saturated heterocycles. The Balaban J connectivity index is 1.42. The lowest BCUT2D eigenvalue weighted by atomic mass is 9.68. The zero-order valence-corrected chi connectivity index (χ0v) is 16.8. The second-order valence-electron chi connectivity index (χ2n) is 8.98. The molecule has 0 aliphatic heterocycles. The third kappa shape index (κ3) is 5.73. The highest BCUT2D eigenvalue weighted by Gasteiger charge is 2.31. The molecule has 0 nitrogen and oxygen atoms in total. The fourth-order valence-corrected chi connectivity index (χ4v) is 5.50. The minimum Gasteiger partial charge on any atom is -0.251 e. The van der Waals surface area contributed by atoms with E-state index in [9.17, 15) is 17.6 Å². The van der Waals surface area contributed by atoms with Gasteiger partial charge in [0.15, 0.2) is 6.17 Å². The van der Waals surface area contributed by atoms with E-state index in [2.05, 4.69) is 0 Å². The first kappa shape index (κ1) is 21.6. The van der Waals surface area contributed by atoms with E-state index in [0.717, 1.165) is 43.4 Å². The van der Waals surface area contributed by atoms with Crippen LogP contribution in [0, 0.1) is 17.8 Å². The predicted octanol–water partition coefficient (Wildman–Crippen LogP) is 8.18. The molecule has 2 aliphatic rings. The molecule has 0 radical (unpaired) electrons. The molecule has 1 atom stereocenters. The molecule has 0 aromatic heterocycles. The van der Waals surface area contributed by atoms with Gasteiger partial charge in [0.25, 0.3) is 6.43 Å². The first-order chi connectivity index (χ1) is 13.6. The molecule has 1 unspecified atom stereocenters. The van der Waals surface area contributed by atoms with Crippen LogP contribution in [-0.4, -0.2) is 13.1 Å². The average molecular weight is 399 g/mol. The van der Waals surface area contributed by atoms with E-state index >= 15 is 0 Å². The second kappa shape index (κ2) is 10.6. The molecule has 0 N–H and O–H groups in total. The zero-order valence-electron chi connectivity index (χ0n) is 16.8. The molecule has 3 rings (SSSR count). The highest BCUT2D eigenvalue weighted by Crippen LogP contribution is 2.44. The first-order valence-corrected chi connectivity index (χ1v) is 11.2. The monoisotopic (exact) mass is 398 g/mol. The van der Waals surface area contributed by atoms with Crippen LogP contribution in [0.5, 0.6) is 0 Å². The van der Waals surface area contributed by atoms with E-state index in [1.165, 1.54) is 62.6 Å². The summed E-state index contributed by atoms with van der Waals surface area (Å²) >= 11 is 0. The molecule has 2 aliphatic carbocycles. The Labute approximate surface area is 167 Å². The van der Waals surface area contributed by atoms with Crippen molar-refractivity contribution in [2.24, 2.45) is 17.8 Å². The van der Waals surface area contributed by atoms with Crippen LogP contribution >= 0.6 is 0 Å². The minimum absolute atomic E-state index is 0.0794. The van der Waals surface area contributed by atoms with Crippen LogP contribution in [0.3, 0.4) is 0 Å². The van der Waals surface area contributed by atoms with E-state index in [4.69, 9.17) is 0 Å². The van der Waals surface area contributed by atoms with Crippen molar-refractivity contribution in [3.8, 4) is 0 Å². The summed E-state index contributed by atoms with van der Waals surface area (Å²) in [4.78, 5) is 0. The molecule has 28 heavy (non-hydrogen) atoms. The zero-order chi connectivity index (χ0) is 19.9. The summed E-state index contributed by atoms with van der Waals surface area (Å²) in [6.07, 6.45) is 7.88. The lowest BCUT2D eigenvalue weighted by Crippen LogP contribution is -2.25. The highest BCUT2D eigenvalue weighted by atomic mass is 19.3. The van der Waals surface area contributed by atoms with Gasteiger partial charge < -0.3 is 0 Å². The summed E-state index contributed by atoms with van der Waals surface area (Å²) in [5.74, 6) is 2.95. The van der Waals surface area contributed by atoms with Crippen LogP contribution in [0.1, 0.15) is 93.8 Å². The van der Waals surface area contributed by atoms with E-state index in [0.29, 0.717) is 5.92 Å². The summed E-state index contributed by atoms with van der Waals surface area (Å²) in [5, 5.41) is 0. The molecule has 2 fully saturated rings. The summed E-state index contributed by atoms with van der Waals surface area (Å²) < 4.78 is 50.7. The van der Waals surface area contributed by atoms with Crippen molar-refractivity contribution in [2.45, 2.75) is 89.1 Å². The van der Waals surface area contributed by atoms with Crippen molar-refractivity contribution >= 4 is 0 Å². The maximum absolute atomic E-state index is 13.4. The maximum atomic E-state index is 13.4. The quantitative estimate of drug-likeness (QED) is 0.306. The van der Waals surface area contributed by atoms with Crippen LogP contribution in [0.15, 0.2) is 24.3 Å². The number of alkyl halides is 4. The van der Waals surface area contributed by atoms with E-state index in [1.807, 2.05) is 12.1 Å². The third-order valence-electron chi connectivity index (χ3n) is 7.27. The van der Waals surface area contributed by atoms with Gasteiger partial charge in [0.05, 0.1) is 6.67 Å². The summed E-state index contributed by atoms with van der Waals surface area (Å²) in [6.45, 7) is -0.179. The van der Waals surface area contributed by atoms with Gasteiger partial charge in [0.2, 0.25) is 0 Å². The first-order valence-electron chi connectivity index (χ1n) is 11.2. The Morgan fingerprint density at radius 2 is 1.32 bits per heavy atom. The Morgan fingerprint density at radius 1 is 0.750 bits per heavy atom. The third-order valence-corrected chi connectivity index (χ3v) is 7.27. The summed E-state index contributed by atoms with van der Waals surface area (Å²) in [7, 11) is 0. The Morgan fingerprint density at radius 3 is 1.86 bits per heavy atom. The number of hydrogen-bond acceptors (Lipinski definition) is 0. The number of unbranched alkanes of at least 4 members (excludes halogenated alkanes) is 1. The van der Waals surface area contributed by atoms with Gasteiger partial charge in [-0.25, -0.2) is 13.2 Å². The van der Waals surface area contributed by atoms with Gasteiger partial charge in [-0.15, -0.1) is 0 Å². The molecule has 0 heterocycles. The van der Waals surface area contributed by atoms with E-state index < -0.39 is 12.6 Å². The second-order valence-corrected chi connectivity index (χ2v) is 8.98. The lowest BCUT2D eigenvalue weighted by molar-refractivity contribution is 0.0495. The fraction of sp³-hybridized carbons (Fsp3) is 0.750. The summed E-state index contributed by atoms with van der Waals surface area (Å²) in [5.41, 5.74) is 1.25. The SMILES string of the molecule is FCCCCC1CCC(C2CCC(c3ccc(C(F)C(F)F)cc3)CC2)CC1. The van der Waals surface area contributed by atoms with Gasteiger partial charge >= 0.3 is 0 Å². The van der Waals surface area contributed by atoms with Gasteiger partial charge in [-0.05, 0) is 79.7 Å². The van der Waals surface area contributed by atoms with Crippen molar-refractivity contribution in [1.82, 2.24) is 0 Å². The van der Waals surface area contributed by atoms with Crippen LogP contribution in [-0.2, 0) is 0 Å². The van der Waals surface area contributed by atoms with Crippen molar-refractivity contribution in [3.63, 3.8) is 0 Å². The van der Waals surface area contributed by atoms with E-state index in [1.54, 1.807) is 0 Å². The van der Waals surface area contributed by atoms with Gasteiger partial charge in [-0.2, -0.15) is 0 Å². The van der Waals surface area contributed by atoms with Gasteiger partial charge in [0.1, 0.15) is 0 Å². The van der Waals surface area contributed by atoms with Crippen molar-refractivity contribution in [2.75, 3.05) is 6.67 Å². The summed E-state index contributed by atoms with van der Waals surface area (Å²) in [6, 6.07) is 6.75. The molecule has 0 spiro atoms. The van der Waals surface area contributed by atoms with Crippen LogP contribution in [0.4, 0.5) is 17.6 Å². The standard InChI is InChI=1S/C24H34F4/c25-16-2-1-3-17-4-6-18(7-5-17)19-8-10-20(11-9-19)21-12-14-22(15-13-21)23(26)24(27)28/h12-15,17-20,23-24H,1-11,16H2. The Hall–Kier alpha value is -1.06. The smallest absolute Gasteiger partial charge is 0.251 e. The number of benzene rings is 1. The Bertz CT molecular complexity index is 554. The minimum atomic E-state index is -2.96. The van der Waals surface area contributed by atoms with Crippen LogP contribution in [0.2, 0.25) is 0 Å². The fourth-order valence-electron chi connectivity index (χ4n) is 5.50. The number of hydrogen-bond donors (Lipinski definition) is 0. The van der Waals surface area contributed by atoms with Crippen LogP contribution < -0.4 is 0 Å². The van der Waals surface area contributed by atoms with Crippen molar-refractivity contribution in [1.29, 1.82) is 0 Å². The largest absolute Gasteiger partial charge is 0.273 e. The molecule has 1 aromatic rings. The molecule has 158 valence electrons. The van der Waals surface area contributed by atoms with Crippen molar-refractivity contribution in [3.05, 3.63) is 35.4 Å². The Kier molecular flexibility index (Phi) is 8.23. The highest BCUT2D eigenvalue weighted by molar-refractivity contribution is 5.27. The molecule has 1 aromatic carbocycles. The average Bonchev–Trinajstić information content (AvgIpc) is 2.74. The molecular weight excluding hydrogens is 364 g/mol.